The van der Waals surface area contributed by atoms with Crippen LogP contribution in [0.15, 0.2) is 97.1 Å². The number of fused-ring (bicyclic) bond motifs is 3. The molecule has 4 aromatic carbocycles. The molecular weight excluding hydrogens is 345 g/mol. The van der Waals surface area contributed by atoms with E-state index in [0.717, 1.165) is 5.46 Å². The first-order valence-corrected chi connectivity index (χ1v) is 8.76. The Labute approximate surface area is 164 Å². The first-order chi connectivity index (χ1) is 12.8. The zero-order valence-corrected chi connectivity index (χ0v) is 15.2. The molecule has 0 saturated heterocycles. The zero-order chi connectivity index (χ0) is 17.5. The Balaban J connectivity index is 0.00000112. The summed E-state index contributed by atoms with van der Waals surface area (Å²) in [5.41, 5.74) is 6.79. The van der Waals surface area contributed by atoms with E-state index in [1.807, 2.05) is 12.1 Å². The third kappa shape index (κ3) is 3.09. The van der Waals surface area contributed by atoms with Crippen molar-refractivity contribution in [3.8, 4) is 16.8 Å². The summed E-state index contributed by atoms with van der Waals surface area (Å²) in [6.07, 6.45) is 0. The van der Waals surface area contributed by atoms with Gasteiger partial charge in [-0.2, -0.15) is 0 Å². The van der Waals surface area contributed by atoms with Gasteiger partial charge in [-0.1, -0.05) is 6.07 Å². The number of para-hydroxylation sites is 2. The average molecular weight is 363 g/mol. The van der Waals surface area contributed by atoms with Crippen LogP contribution in [0, 0.1) is 0 Å². The molecule has 0 aliphatic carbocycles. The Morgan fingerprint density at radius 1 is 0.536 bits per heavy atom. The molecule has 0 unspecified atom stereocenters. The van der Waals surface area contributed by atoms with Gasteiger partial charge in [-0.15, -0.1) is 0 Å². The molecule has 0 amide bonds. The molecule has 134 valence electrons. The molecule has 2 N–H and O–H groups in total. The monoisotopic (exact) mass is 363 g/mol. The molecule has 1 heterocycles. The summed E-state index contributed by atoms with van der Waals surface area (Å²) in [6, 6.07) is 33.8. The topological polar surface area (TPSA) is 64.9 Å². The van der Waals surface area contributed by atoms with Crippen molar-refractivity contribution in [2.24, 2.45) is 0 Å². The largest absolute Gasteiger partial charge is 0.870 e. The predicted octanol–water partition coefficient (Wildman–Crippen LogP) is 4.89. The molecule has 1 aromatic heterocycles. The van der Waals surface area contributed by atoms with Crippen molar-refractivity contribution < 1.29 is 11.0 Å². The van der Waals surface area contributed by atoms with Crippen molar-refractivity contribution in [3.05, 3.63) is 97.1 Å². The smallest absolute Gasteiger partial charge is 0.870 e. The normalized spacial score (nSPS) is 10.5. The minimum absolute atomic E-state index is 0. The van der Waals surface area contributed by atoms with Gasteiger partial charge < -0.3 is 11.0 Å². The quantitative estimate of drug-likeness (QED) is 0.419. The van der Waals surface area contributed by atoms with Crippen LogP contribution in [-0.2, 0) is 0 Å². The fraction of sp³-hybridized carbons (Fsp3) is 0. The van der Waals surface area contributed by atoms with Gasteiger partial charge >= 0.3 is 147 Å². The molecule has 5 aromatic rings. The molecule has 0 bridgehead atoms. The average Bonchev–Trinajstić information content (AvgIpc) is 3.03. The van der Waals surface area contributed by atoms with Crippen LogP contribution in [0.1, 0.15) is 0 Å². The fourth-order valence-electron chi connectivity index (χ4n) is 3.68. The summed E-state index contributed by atoms with van der Waals surface area (Å²) < 4.78 is 2.33. The Morgan fingerprint density at radius 2 is 1.14 bits per heavy atom. The molecule has 0 atom stereocenters. The molecule has 0 aliphatic rings. The second-order valence-corrected chi connectivity index (χ2v) is 6.54. The van der Waals surface area contributed by atoms with E-state index in [1.54, 1.807) is 0 Å². The Bertz CT molecular complexity index is 1230. The van der Waals surface area contributed by atoms with Crippen LogP contribution in [0.3, 0.4) is 0 Å². The van der Waals surface area contributed by atoms with E-state index in [9.17, 15) is 0 Å². The minimum atomic E-state index is 0. The van der Waals surface area contributed by atoms with Crippen molar-refractivity contribution in [2.75, 3.05) is 0 Å². The molecule has 0 saturated carbocycles. The molecule has 3 nitrogen and oxygen atoms in total. The summed E-state index contributed by atoms with van der Waals surface area (Å²) in [4.78, 5) is 0. The number of hydrogen-bond donors (Lipinski definition) is 0. The summed E-state index contributed by atoms with van der Waals surface area (Å²) >= 11 is 0. The van der Waals surface area contributed by atoms with E-state index in [0.29, 0.717) is 0 Å². The first kappa shape index (κ1) is 19.4. The van der Waals surface area contributed by atoms with Gasteiger partial charge in [-0.25, -0.2) is 0 Å². The summed E-state index contributed by atoms with van der Waals surface area (Å²) in [7, 11) is 5.83. The minimum Gasteiger partial charge on any atom is -0.870 e. The van der Waals surface area contributed by atoms with Gasteiger partial charge in [0.05, 0.1) is 0 Å². The second kappa shape index (κ2) is 7.73. The van der Waals surface area contributed by atoms with Gasteiger partial charge in [0.2, 0.25) is 0 Å². The van der Waals surface area contributed by atoms with Crippen LogP contribution >= 0.6 is 0 Å². The molecule has 5 rings (SSSR count). The summed E-state index contributed by atoms with van der Waals surface area (Å²) in [5.74, 6) is 0. The van der Waals surface area contributed by atoms with Crippen LogP contribution in [-0.4, -0.2) is 23.4 Å². The van der Waals surface area contributed by atoms with E-state index in [1.165, 1.54) is 38.6 Å². The van der Waals surface area contributed by atoms with E-state index < -0.39 is 0 Å². The number of nitrogens with zero attached hydrogens (tertiary/aromatic N) is 1. The number of aromatic nitrogens is 1. The van der Waals surface area contributed by atoms with Crippen molar-refractivity contribution >= 4 is 35.1 Å². The first-order valence-electron chi connectivity index (χ1n) is 8.76. The maximum atomic E-state index is 5.83. The Kier molecular flexibility index (Phi) is 5.36. The van der Waals surface area contributed by atoms with E-state index in [2.05, 4.69) is 89.5 Å². The van der Waals surface area contributed by atoms with E-state index >= 15 is 0 Å². The van der Waals surface area contributed by atoms with Gasteiger partial charge in [0.1, 0.15) is 0 Å². The molecule has 4 heteroatoms. The number of benzene rings is 4. The van der Waals surface area contributed by atoms with Gasteiger partial charge in [-0.05, 0) is 0 Å². The standard InChI is InChI=1S/C24H16BN.2H2O/c25-19-13-10-17(11-14-19)18-12-15-24-22(16-18)21-8-4-5-9-23(21)26(24)20-6-2-1-3-7-20;;/h1-16H;2*1H2/q+2;;/p-2. The van der Waals surface area contributed by atoms with E-state index in [4.69, 9.17) is 7.85 Å². The molecule has 0 aliphatic heterocycles. The van der Waals surface area contributed by atoms with Crippen LogP contribution in [0.25, 0.3) is 38.6 Å². The van der Waals surface area contributed by atoms with Crippen LogP contribution in [0.4, 0.5) is 0 Å². The van der Waals surface area contributed by atoms with Crippen LogP contribution in [0.2, 0.25) is 0 Å². The molecule has 28 heavy (non-hydrogen) atoms. The molecular formula is C24H18BNO2. The van der Waals surface area contributed by atoms with Crippen LogP contribution < -0.4 is 5.46 Å². The zero-order valence-electron chi connectivity index (χ0n) is 15.2. The predicted molar refractivity (Wildman–Crippen MR) is 115 cm³/mol. The third-order valence-electron chi connectivity index (χ3n) is 4.93. The maximum Gasteiger partial charge on any atom is -0.870 e. The van der Waals surface area contributed by atoms with Gasteiger partial charge in [0, 0.05) is 0 Å². The van der Waals surface area contributed by atoms with Crippen molar-refractivity contribution in [1.29, 1.82) is 0 Å². The molecule has 0 fully saturated rings. The van der Waals surface area contributed by atoms with Gasteiger partial charge in [0.25, 0.3) is 0 Å². The van der Waals surface area contributed by atoms with Crippen molar-refractivity contribution in [2.45, 2.75) is 0 Å². The second-order valence-electron chi connectivity index (χ2n) is 6.54. The number of rotatable bonds is 2. The SMILES string of the molecule is [B+2]c1ccc(-c2ccc3c(c2)c2ccccc2n3-c2ccccc2)cc1.[OH-].[OH-]. The Morgan fingerprint density at radius 3 is 1.89 bits per heavy atom. The van der Waals surface area contributed by atoms with Gasteiger partial charge in [-0.3, -0.25) is 0 Å². The third-order valence-corrected chi connectivity index (χ3v) is 4.93. The Hall–Kier alpha value is -3.34. The van der Waals surface area contributed by atoms with Crippen molar-refractivity contribution in [1.82, 2.24) is 4.57 Å². The van der Waals surface area contributed by atoms with Crippen LogP contribution in [0.5, 0.6) is 0 Å². The van der Waals surface area contributed by atoms with Gasteiger partial charge in [0.15, 0.2) is 0 Å². The number of hydrogen-bond acceptors (Lipinski definition) is 2. The summed E-state index contributed by atoms with van der Waals surface area (Å²) in [5, 5.41) is 2.53. The van der Waals surface area contributed by atoms with E-state index in [-0.39, 0.29) is 11.0 Å². The summed E-state index contributed by atoms with van der Waals surface area (Å²) in [6.45, 7) is 0. The maximum absolute atomic E-state index is 5.83. The molecule has 0 radical (unpaired) electrons. The molecule has 0 spiro atoms. The van der Waals surface area contributed by atoms with Crippen molar-refractivity contribution in [3.63, 3.8) is 0 Å². The fourth-order valence-corrected chi connectivity index (χ4v) is 3.68.